The Morgan fingerprint density at radius 3 is 3.00 bits per heavy atom. The Morgan fingerprint density at radius 1 is 1.39 bits per heavy atom. The van der Waals surface area contributed by atoms with Crippen LogP contribution in [0.5, 0.6) is 0 Å². The van der Waals surface area contributed by atoms with Crippen LogP contribution in [0.25, 0.3) is 16.3 Å². The van der Waals surface area contributed by atoms with Gasteiger partial charge in [-0.2, -0.15) is 4.99 Å². The normalized spacial score (nSPS) is 12.5. The quantitative estimate of drug-likeness (QED) is 0.643. The molecule has 0 bridgehead atoms. The third-order valence-corrected chi connectivity index (χ3v) is 5.11. The Labute approximate surface area is 141 Å². The molecule has 118 valence electrons. The number of thiazole rings is 1. The maximum atomic E-state index is 13.4. The van der Waals surface area contributed by atoms with Gasteiger partial charge in [-0.25, -0.2) is 4.39 Å². The molecular weight excluding hydrogens is 331 g/mol. The Hall–Kier alpha value is -2.05. The van der Waals surface area contributed by atoms with E-state index in [9.17, 15) is 9.18 Å². The van der Waals surface area contributed by atoms with Crippen LogP contribution in [0.3, 0.4) is 0 Å². The van der Waals surface area contributed by atoms with Crippen LogP contribution in [-0.2, 0) is 11.3 Å². The number of amides is 1. The predicted octanol–water partition coefficient (Wildman–Crippen LogP) is 4.45. The number of carbonyl (C=O) groups excluding carboxylic acids is 1. The van der Waals surface area contributed by atoms with Crippen molar-refractivity contribution in [3.05, 3.63) is 57.3 Å². The Bertz CT molecular complexity index is 920. The second-order valence-electron chi connectivity index (χ2n) is 4.95. The maximum absolute atomic E-state index is 13.4. The first-order valence-corrected chi connectivity index (χ1v) is 8.96. The first kappa shape index (κ1) is 15.8. The van der Waals surface area contributed by atoms with Crippen LogP contribution in [0.4, 0.5) is 4.39 Å². The molecule has 0 spiro atoms. The molecule has 1 amide bonds. The van der Waals surface area contributed by atoms with Gasteiger partial charge >= 0.3 is 0 Å². The molecule has 2 heterocycles. The molecule has 3 nitrogen and oxygen atoms in total. The highest BCUT2D eigenvalue weighted by Gasteiger charge is 2.07. The van der Waals surface area contributed by atoms with Crippen LogP contribution in [-0.4, -0.2) is 10.5 Å². The van der Waals surface area contributed by atoms with E-state index in [0.717, 1.165) is 28.1 Å². The van der Waals surface area contributed by atoms with E-state index in [1.807, 2.05) is 22.1 Å². The van der Waals surface area contributed by atoms with Crippen molar-refractivity contribution in [1.82, 2.24) is 4.57 Å². The van der Waals surface area contributed by atoms with Gasteiger partial charge in [-0.15, -0.1) is 11.3 Å². The van der Waals surface area contributed by atoms with Gasteiger partial charge in [0.1, 0.15) is 5.82 Å². The molecule has 3 rings (SSSR count). The number of hydrogen-bond acceptors (Lipinski definition) is 3. The fraction of sp³-hybridized carbons (Fsp3) is 0.176. The standard InChI is InChI=1S/C17H15FN2OS2/c1-2-9-20-14-7-5-12(18)11-15(14)23-17(20)19-16(21)8-6-13-4-3-10-22-13/h3-8,10-11H,2,9H2,1H3. The summed E-state index contributed by atoms with van der Waals surface area (Å²) >= 11 is 2.90. The van der Waals surface area contributed by atoms with Crippen molar-refractivity contribution < 1.29 is 9.18 Å². The largest absolute Gasteiger partial charge is 0.316 e. The van der Waals surface area contributed by atoms with E-state index in [0.29, 0.717) is 4.80 Å². The molecule has 0 aliphatic carbocycles. The maximum Gasteiger partial charge on any atom is 0.272 e. The number of thiophene rings is 1. The Kier molecular flexibility index (Phi) is 4.83. The number of benzene rings is 1. The summed E-state index contributed by atoms with van der Waals surface area (Å²) in [5.41, 5.74) is 0.909. The molecule has 0 aliphatic rings. The van der Waals surface area contributed by atoms with Crippen LogP contribution < -0.4 is 4.80 Å². The van der Waals surface area contributed by atoms with Gasteiger partial charge < -0.3 is 4.57 Å². The lowest BCUT2D eigenvalue weighted by Gasteiger charge is -2.01. The van der Waals surface area contributed by atoms with Crippen molar-refractivity contribution in [1.29, 1.82) is 0 Å². The molecule has 1 aromatic carbocycles. The minimum Gasteiger partial charge on any atom is -0.316 e. The number of aromatic nitrogens is 1. The zero-order chi connectivity index (χ0) is 16.2. The molecule has 0 N–H and O–H groups in total. The second-order valence-corrected chi connectivity index (χ2v) is 6.94. The number of rotatable bonds is 4. The summed E-state index contributed by atoms with van der Waals surface area (Å²) in [5, 5.41) is 1.96. The summed E-state index contributed by atoms with van der Waals surface area (Å²) < 4.78 is 16.2. The molecule has 0 fully saturated rings. The van der Waals surface area contributed by atoms with Crippen LogP contribution in [0.1, 0.15) is 18.2 Å². The number of fused-ring (bicyclic) bond motifs is 1. The van der Waals surface area contributed by atoms with E-state index in [1.165, 1.54) is 29.5 Å². The molecule has 0 aliphatic heterocycles. The lowest BCUT2D eigenvalue weighted by atomic mass is 10.3. The van der Waals surface area contributed by atoms with Crippen molar-refractivity contribution >= 4 is 44.9 Å². The van der Waals surface area contributed by atoms with Crippen molar-refractivity contribution in [3.8, 4) is 0 Å². The highest BCUT2D eigenvalue weighted by molar-refractivity contribution is 7.16. The number of hydrogen-bond donors (Lipinski definition) is 0. The van der Waals surface area contributed by atoms with Crippen LogP contribution >= 0.6 is 22.7 Å². The van der Waals surface area contributed by atoms with E-state index >= 15 is 0 Å². The summed E-state index contributed by atoms with van der Waals surface area (Å²) in [6.45, 7) is 2.80. The minimum atomic E-state index is -0.310. The summed E-state index contributed by atoms with van der Waals surface area (Å²) in [6.07, 6.45) is 4.14. The summed E-state index contributed by atoms with van der Waals surface area (Å²) in [4.78, 5) is 17.9. The lowest BCUT2D eigenvalue weighted by Crippen LogP contribution is -2.16. The highest BCUT2D eigenvalue weighted by Crippen LogP contribution is 2.19. The van der Waals surface area contributed by atoms with Crippen LogP contribution in [0.2, 0.25) is 0 Å². The van der Waals surface area contributed by atoms with E-state index in [2.05, 4.69) is 11.9 Å². The second kappa shape index (κ2) is 7.02. The summed E-state index contributed by atoms with van der Waals surface area (Å²) in [5.74, 6) is -0.590. The predicted molar refractivity (Wildman–Crippen MR) is 94.0 cm³/mol. The molecule has 6 heteroatoms. The van der Waals surface area contributed by atoms with Gasteiger partial charge in [-0.1, -0.05) is 24.3 Å². The van der Waals surface area contributed by atoms with Gasteiger partial charge in [0, 0.05) is 17.5 Å². The van der Waals surface area contributed by atoms with Gasteiger partial charge in [0.05, 0.1) is 10.2 Å². The molecule has 0 saturated heterocycles. The minimum absolute atomic E-state index is 0.280. The summed E-state index contributed by atoms with van der Waals surface area (Å²) in [7, 11) is 0. The summed E-state index contributed by atoms with van der Waals surface area (Å²) in [6, 6.07) is 8.53. The van der Waals surface area contributed by atoms with E-state index in [1.54, 1.807) is 23.5 Å². The highest BCUT2D eigenvalue weighted by atomic mass is 32.1. The average Bonchev–Trinajstić information content (AvgIpc) is 3.14. The van der Waals surface area contributed by atoms with Crippen molar-refractivity contribution in [2.45, 2.75) is 19.9 Å². The molecular formula is C17H15FN2OS2. The fourth-order valence-corrected chi connectivity index (χ4v) is 3.95. The molecule has 23 heavy (non-hydrogen) atoms. The lowest BCUT2D eigenvalue weighted by molar-refractivity contribution is -0.113. The van der Waals surface area contributed by atoms with Crippen LogP contribution in [0, 0.1) is 5.82 Å². The number of aryl methyl sites for hydroxylation is 1. The van der Waals surface area contributed by atoms with Gasteiger partial charge in [-0.05, 0) is 42.1 Å². The van der Waals surface area contributed by atoms with E-state index in [-0.39, 0.29) is 11.7 Å². The van der Waals surface area contributed by atoms with Crippen molar-refractivity contribution in [2.75, 3.05) is 0 Å². The third-order valence-electron chi connectivity index (χ3n) is 3.23. The van der Waals surface area contributed by atoms with E-state index < -0.39 is 0 Å². The zero-order valence-electron chi connectivity index (χ0n) is 12.5. The monoisotopic (exact) mass is 346 g/mol. The molecule has 0 radical (unpaired) electrons. The first-order valence-electron chi connectivity index (χ1n) is 7.26. The van der Waals surface area contributed by atoms with Crippen molar-refractivity contribution in [2.24, 2.45) is 4.99 Å². The smallest absolute Gasteiger partial charge is 0.272 e. The fourth-order valence-electron chi connectivity index (χ4n) is 2.24. The molecule has 0 unspecified atom stereocenters. The first-order chi connectivity index (χ1) is 11.2. The Morgan fingerprint density at radius 2 is 2.26 bits per heavy atom. The van der Waals surface area contributed by atoms with Gasteiger partial charge in [-0.3, -0.25) is 4.79 Å². The zero-order valence-corrected chi connectivity index (χ0v) is 14.2. The van der Waals surface area contributed by atoms with Crippen molar-refractivity contribution in [3.63, 3.8) is 0 Å². The molecule has 0 saturated carbocycles. The SMILES string of the molecule is CCCn1c(=NC(=O)C=Cc2cccs2)sc2cc(F)ccc21. The van der Waals surface area contributed by atoms with Crippen LogP contribution in [0.15, 0.2) is 46.8 Å². The average molecular weight is 346 g/mol. The number of halogens is 1. The third kappa shape index (κ3) is 3.65. The van der Waals surface area contributed by atoms with E-state index in [4.69, 9.17) is 0 Å². The van der Waals surface area contributed by atoms with Gasteiger partial charge in [0.2, 0.25) is 0 Å². The molecule has 2 aromatic heterocycles. The molecule has 0 atom stereocenters. The number of carbonyl (C=O) groups is 1. The molecule has 3 aromatic rings. The number of nitrogens with zero attached hydrogens (tertiary/aromatic N) is 2. The topological polar surface area (TPSA) is 34.4 Å². The van der Waals surface area contributed by atoms with Gasteiger partial charge in [0.25, 0.3) is 5.91 Å². The van der Waals surface area contributed by atoms with Gasteiger partial charge in [0.15, 0.2) is 4.80 Å². The Balaban J connectivity index is 2.00.